The molecular formula is C14H13F2N3OS2. The predicted molar refractivity (Wildman–Crippen MR) is 81.8 cm³/mol. The molecule has 2 aromatic rings. The van der Waals surface area contributed by atoms with E-state index in [1.165, 1.54) is 35.2 Å². The fraction of sp³-hybridized carbons (Fsp3) is 0.357. The van der Waals surface area contributed by atoms with Crippen LogP contribution in [0.5, 0.6) is 0 Å². The predicted octanol–water partition coefficient (Wildman–Crippen LogP) is 3.85. The fourth-order valence-corrected chi connectivity index (χ4v) is 3.72. The molecule has 8 heteroatoms. The lowest BCUT2D eigenvalue weighted by Gasteiger charge is -2.23. The largest absolute Gasteiger partial charge is 0.300 e. The molecule has 0 atom stereocenters. The first kappa shape index (κ1) is 15.4. The van der Waals surface area contributed by atoms with Crippen molar-refractivity contribution >= 4 is 34.1 Å². The van der Waals surface area contributed by atoms with Crippen LogP contribution in [0.15, 0.2) is 22.5 Å². The first-order chi connectivity index (χ1) is 10.6. The molecule has 0 saturated heterocycles. The Morgan fingerprint density at radius 2 is 2.18 bits per heavy atom. The van der Waals surface area contributed by atoms with Crippen molar-refractivity contribution in [2.24, 2.45) is 5.92 Å². The number of benzene rings is 1. The second-order valence-corrected chi connectivity index (χ2v) is 7.21. The maximum atomic E-state index is 13.5. The topological polar surface area (TPSA) is 54.9 Å². The lowest BCUT2D eigenvalue weighted by Crippen LogP contribution is -2.27. The standard InChI is InChI=1S/C14H13F2N3OS2/c15-10-5-4-9(11(16)6-10)7-21-14-19-18-13(22-14)17-12(20)8-2-1-3-8/h4-6,8H,1-3,7H2,(H,17,18,20). The summed E-state index contributed by atoms with van der Waals surface area (Å²) in [5, 5.41) is 11.1. The number of nitrogens with one attached hydrogen (secondary N) is 1. The molecule has 0 unspecified atom stereocenters. The van der Waals surface area contributed by atoms with Gasteiger partial charge < -0.3 is 5.32 Å². The zero-order valence-electron chi connectivity index (χ0n) is 11.5. The number of anilines is 1. The summed E-state index contributed by atoms with van der Waals surface area (Å²) in [5.74, 6) is -0.757. The van der Waals surface area contributed by atoms with E-state index in [2.05, 4.69) is 15.5 Å². The Bertz CT molecular complexity index is 688. The van der Waals surface area contributed by atoms with Gasteiger partial charge in [-0.3, -0.25) is 4.79 Å². The maximum Gasteiger partial charge on any atom is 0.229 e. The third-order valence-corrected chi connectivity index (χ3v) is 5.50. The average Bonchev–Trinajstić information content (AvgIpc) is 2.83. The Balaban J connectivity index is 1.56. The van der Waals surface area contributed by atoms with Crippen molar-refractivity contribution in [2.45, 2.75) is 29.4 Å². The van der Waals surface area contributed by atoms with Crippen LogP contribution < -0.4 is 5.32 Å². The van der Waals surface area contributed by atoms with Gasteiger partial charge in [-0.2, -0.15) is 0 Å². The van der Waals surface area contributed by atoms with Crippen molar-refractivity contribution in [1.29, 1.82) is 0 Å². The summed E-state index contributed by atoms with van der Waals surface area (Å²) in [6.07, 6.45) is 2.95. The smallest absolute Gasteiger partial charge is 0.229 e. The molecule has 0 aliphatic heterocycles. The number of carbonyl (C=O) groups is 1. The Morgan fingerprint density at radius 1 is 1.36 bits per heavy atom. The molecule has 116 valence electrons. The molecule has 0 radical (unpaired) electrons. The van der Waals surface area contributed by atoms with Crippen molar-refractivity contribution in [3.8, 4) is 0 Å². The normalized spacial score (nSPS) is 14.6. The van der Waals surface area contributed by atoms with Gasteiger partial charge in [0.1, 0.15) is 11.6 Å². The molecular weight excluding hydrogens is 328 g/mol. The number of hydrogen-bond acceptors (Lipinski definition) is 5. The number of amides is 1. The van der Waals surface area contributed by atoms with E-state index < -0.39 is 11.6 Å². The van der Waals surface area contributed by atoms with Gasteiger partial charge in [-0.15, -0.1) is 10.2 Å². The van der Waals surface area contributed by atoms with Crippen molar-refractivity contribution in [3.05, 3.63) is 35.4 Å². The highest BCUT2D eigenvalue weighted by molar-refractivity contribution is 8.00. The van der Waals surface area contributed by atoms with E-state index in [1.807, 2.05) is 0 Å². The van der Waals surface area contributed by atoms with Crippen LogP contribution in [0, 0.1) is 17.6 Å². The summed E-state index contributed by atoms with van der Waals surface area (Å²) in [6, 6.07) is 3.50. The number of carbonyl (C=O) groups excluding carboxylic acids is 1. The van der Waals surface area contributed by atoms with Gasteiger partial charge in [-0.05, 0) is 24.5 Å². The van der Waals surface area contributed by atoms with Crippen LogP contribution in [-0.4, -0.2) is 16.1 Å². The third-order valence-electron chi connectivity index (χ3n) is 3.48. The van der Waals surface area contributed by atoms with E-state index >= 15 is 0 Å². The monoisotopic (exact) mass is 341 g/mol. The van der Waals surface area contributed by atoms with Crippen molar-refractivity contribution in [1.82, 2.24) is 10.2 Å². The van der Waals surface area contributed by atoms with Crippen LogP contribution in [0.1, 0.15) is 24.8 Å². The van der Waals surface area contributed by atoms with Gasteiger partial charge in [0.05, 0.1) is 0 Å². The lowest BCUT2D eigenvalue weighted by atomic mass is 9.85. The van der Waals surface area contributed by atoms with Gasteiger partial charge >= 0.3 is 0 Å². The highest BCUT2D eigenvalue weighted by atomic mass is 32.2. The Kier molecular flexibility index (Phi) is 4.68. The molecule has 0 spiro atoms. The maximum absolute atomic E-state index is 13.5. The zero-order valence-corrected chi connectivity index (χ0v) is 13.1. The minimum absolute atomic E-state index is 0.0106. The first-order valence-corrected chi connectivity index (χ1v) is 8.63. The minimum atomic E-state index is -0.594. The van der Waals surface area contributed by atoms with Crippen LogP contribution >= 0.6 is 23.1 Å². The first-order valence-electron chi connectivity index (χ1n) is 6.83. The van der Waals surface area contributed by atoms with E-state index in [-0.39, 0.29) is 11.8 Å². The molecule has 1 saturated carbocycles. The van der Waals surface area contributed by atoms with Crippen molar-refractivity contribution < 1.29 is 13.6 Å². The van der Waals surface area contributed by atoms with Crippen LogP contribution in [0.2, 0.25) is 0 Å². The van der Waals surface area contributed by atoms with Gasteiger partial charge in [0.25, 0.3) is 0 Å². The summed E-state index contributed by atoms with van der Waals surface area (Å²) in [5.41, 5.74) is 0.404. The van der Waals surface area contributed by atoms with Crippen LogP contribution in [0.4, 0.5) is 13.9 Å². The van der Waals surface area contributed by atoms with Gasteiger partial charge in [0.15, 0.2) is 4.34 Å². The second-order valence-electron chi connectivity index (χ2n) is 5.01. The van der Waals surface area contributed by atoms with E-state index in [4.69, 9.17) is 0 Å². The van der Waals surface area contributed by atoms with Crippen LogP contribution in [-0.2, 0) is 10.5 Å². The number of rotatable bonds is 5. The molecule has 1 N–H and O–H groups in total. The summed E-state index contributed by atoms with van der Waals surface area (Å²) in [6.45, 7) is 0. The molecule has 1 aliphatic rings. The lowest BCUT2D eigenvalue weighted by molar-refractivity contribution is -0.122. The fourth-order valence-electron chi connectivity index (χ4n) is 1.97. The van der Waals surface area contributed by atoms with E-state index in [0.717, 1.165) is 25.3 Å². The quantitative estimate of drug-likeness (QED) is 0.663. The molecule has 3 rings (SSSR count). The second kappa shape index (κ2) is 6.70. The molecule has 1 aromatic heterocycles. The molecule has 1 aromatic carbocycles. The number of hydrogen-bond donors (Lipinski definition) is 1. The summed E-state index contributed by atoms with van der Waals surface area (Å²) in [4.78, 5) is 11.8. The van der Waals surface area contributed by atoms with E-state index in [1.54, 1.807) is 0 Å². The van der Waals surface area contributed by atoms with Gasteiger partial charge in [-0.25, -0.2) is 8.78 Å². The average molecular weight is 341 g/mol. The number of aromatic nitrogens is 2. The minimum Gasteiger partial charge on any atom is -0.300 e. The van der Waals surface area contributed by atoms with Crippen molar-refractivity contribution in [3.63, 3.8) is 0 Å². The van der Waals surface area contributed by atoms with E-state index in [9.17, 15) is 13.6 Å². The molecule has 1 fully saturated rings. The van der Waals surface area contributed by atoms with Gasteiger partial charge in [-0.1, -0.05) is 35.6 Å². The molecule has 0 bridgehead atoms. The zero-order chi connectivity index (χ0) is 15.5. The van der Waals surface area contributed by atoms with Crippen molar-refractivity contribution in [2.75, 3.05) is 5.32 Å². The summed E-state index contributed by atoms with van der Waals surface area (Å²) < 4.78 is 27.0. The molecule has 1 amide bonds. The van der Waals surface area contributed by atoms with Crippen LogP contribution in [0.25, 0.3) is 0 Å². The highest BCUT2D eigenvalue weighted by Crippen LogP contribution is 2.31. The number of nitrogens with zero attached hydrogens (tertiary/aromatic N) is 2. The SMILES string of the molecule is O=C(Nc1nnc(SCc2ccc(F)cc2F)s1)C1CCC1. The number of halogens is 2. The Hall–Kier alpha value is -1.54. The Labute approximate surface area is 134 Å². The number of thioether (sulfide) groups is 1. The molecule has 4 nitrogen and oxygen atoms in total. The molecule has 1 heterocycles. The van der Waals surface area contributed by atoms with Crippen LogP contribution in [0.3, 0.4) is 0 Å². The summed E-state index contributed by atoms with van der Waals surface area (Å²) in [7, 11) is 0. The van der Waals surface area contributed by atoms with E-state index in [0.29, 0.717) is 20.8 Å². The van der Waals surface area contributed by atoms with Gasteiger partial charge in [0, 0.05) is 17.7 Å². The third kappa shape index (κ3) is 3.61. The molecule has 1 aliphatic carbocycles. The summed E-state index contributed by atoms with van der Waals surface area (Å²) >= 11 is 2.55. The molecule has 22 heavy (non-hydrogen) atoms. The van der Waals surface area contributed by atoms with Gasteiger partial charge in [0.2, 0.25) is 11.0 Å². The highest BCUT2D eigenvalue weighted by Gasteiger charge is 2.25. The Morgan fingerprint density at radius 3 is 2.86 bits per heavy atom.